The fourth-order valence-electron chi connectivity index (χ4n) is 1.99. The maximum absolute atomic E-state index is 11.4. The van der Waals surface area contributed by atoms with Crippen LogP contribution in [0, 0.1) is 5.41 Å². The smallest absolute Gasteiger partial charge is 0.175 e. The Labute approximate surface area is 121 Å². The van der Waals surface area contributed by atoms with Crippen LogP contribution < -0.4 is 11.1 Å². The van der Waals surface area contributed by atoms with Gasteiger partial charge >= 0.3 is 0 Å². The first-order chi connectivity index (χ1) is 9.28. The van der Waals surface area contributed by atoms with Crippen molar-refractivity contribution in [2.75, 3.05) is 30.5 Å². The number of nitrogens with two attached hydrogens (primary N) is 1. The summed E-state index contributed by atoms with van der Waals surface area (Å²) in [5, 5.41) is 12.7. The zero-order valence-corrected chi connectivity index (χ0v) is 13.1. The fraction of sp³-hybridized carbons (Fsp3) is 0.571. The van der Waals surface area contributed by atoms with Gasteiger partial charge in [-0.05, 0) is 31.0 Å². The number of sulfone groups is 1. The number of hydrogen-bond donors (Lipinski definition) is 3. The predicted molar refractivity (Wildman–Crippen MR) is 82.6 cm³/mol. The molecule has 0 radical (unpaired) electrons. The van der Waals surface area contributed by atoms with Gasteiger partial charge in [-0.2, -0.15) is 0 Å². The maximum atomic E-state index is 11.4. The summed E-state index contributed by atoms with van der Waals surface area (Å²) in [4.78, 5) is 0.208. The maximum Gasteiger partial charge on any atom is 0.175 e. The summed E-state index contributed by atoms with van der Waals surface area (Å²) in [6.07, 6.45) is 2.86. The minimum atomic E-state index is -3.25. The molecule has 0 fully saturated rings. The van der Waals surface area contributed by atoms with Gasteiger partial charge in [-0.1, -0.05) is 13.8 Å². The second-order valence-corrected chi connectivity index (χ2v) is 7.26. The van der Waals surface area contributed by atoms with E-state index in [2.05, 4.69) is 5.32 Å². The van der Waals surface area contributed by atoms with Gasteiger partial charge in [0.15, 0.2) is 9.84 Å². The molecular formula is C14H24N2O3S. The van der Waals surface area contributed by atoms with E-state index in [0.717, 1.165) is 19.1 Å². The first kappa shape index (κ1) is 16.8. The number of nitrogens with one attached hydrogen (secondary N) is 1. The molecule has 1 aromatic rings. The number of anilines is 2. The molecule has 0 aliphatic heterocycles. The lowest BCUT2D eigenvalue weighted by atomic mass is 9.83. The number of aliphatic hydroxyl groups excluding tert-OH is 1. The Kier molecular flexibility index (Phi) is 5.42. The Balaban J connectivity index is 2.90. The summed E-state index contributed by atoms with van der Waals surface area (Å²) in [6.45, 7) is 4.78. The molecule has 0 saturated heterocycles. The van der Waals surface area contributed by atoms with E-state index in [1.807, 2.05) is 13.8 Å². The molecular weight excluding hydrogens is 276 g/mol. The van der Waals surface area contributed by atoms with Crippen LogP contribution in [0.2, 0.25) is 0 Å². The molecule has 0 saturated carbocycles. The Morgan fingerprint density at radius 1 is 1.30 bits per heavy atom. The zero-order chi connectivity index (χ0) is 15.4. The van der Waals surface area contributed by atoms with Crippen molar-refractivity contribution < 1.29 is 13.5 Å². The van der Waals surface area contributed by atoms with E-state index < -0.39 is 9.84 Å². The lowest BCUT2D eigenvalue weighted by Gasteiger charge is -2.30. The topological polar surface area (TPSA) is 92.4 Å². The minimum Gasteiger partial charge on any atom is -0.397 e. The van der Waals surface area contributed by atoms with Crippen LogP contribution in [0.5, 0.6) is 0 Å². The van der Waals surface area contributed by atoms with E-state index in [9.17, 15) is 13.5 Å². The second-order valence-electron chi connectivity index (χ2n) is 5.24. The second kappa shape index (κ2) is 6.45. The SMILES string of the molecule is CCC(CC)(CO)CNc1ccc(S(C)(=O)=O)cc1N. The highest BCUT2D eigenvalue weighted by molar-refractivity contribution is 7.90. The van der Waals surface area contributed by atoms with Crippen LogP contribution in [0.1, 0.15) is 26.7 Å². The van der Waals surface area contributed by atoms with E-state index in [0.29, 0.717) is 17.9 Å². The number of hydrogen-bond acceptors (Lipinski definition) is 5. The summed E-state index contributed by atoms with van der Waals surface area (Å²) in [6, 6.07) is 4.65. The van der Waals surface area contributed by atoms with Crippen LogP contribution in [0.4, 0.5) is 11.4 Å². The van der Waals surface area contributed by atoms with Gasteiger partial charge in [0.2, 0.25) is 0 Å². The number of aliphatic hydroxyl groups is 1. The summed E-state index contributed by atoms with van der Waals surface area (Å²) in [7, 11) is -3.25. The molecule has 0 spiro atoms. The molecule has 0 atom stereocenters. The first-order valence-corrected chi connectivity index (χ1v) is 8.61. The van der Waals surface area contributed by atoms with Crippen LogP contribution in [-0.4, -0.2) is 32.9 Å². The van der Waals surface area contributed by atoms with E-state index in [-0.39, 0.29) is 16.9 Å². The molecule has 114 valence electrons. The van der Waals surface area contributed by atoms with Crippen molar-refractivity contribution in [3.63, 3.8) is 0 Å². The first-order valence-electron chi connectivity index (χ1n) is 6.72. The monoisotopic (exact) mass is 300 g/mol. The van der Waals surface area contributed by atoms with Gasteiger partial charge in [0.25, 0.3) is 0 Å². The molecule has 0 unspecified atom stereocenters. The van der Waals surface area contributed by atoms with E-state index in [4.69, 9.17) is 5.73 Å². The van der Waals surface area contributed by atoms with Crippen LogP contribution >= 0.6 is 0 Å². The molecule has 0 heterocycles. The molecule has 0 aliphatic rings. The van der Waals surface area contributed by atoms with Gasteiger partial charge in [0.05, 0.1) is 22.9 Å². The molecule has 0 aliphatic carbocycles. The van der Waals surface area contributed by atoms with Gasteiger partial charge in [0.1, 0.15) is 0 Å². The van der Waals surface area contributed by atoms with Crippen molar-refractivity contribution in [1.82, 2.24) is 0 Å². The molecule has 20 heavy (non-hydrogen) atoms. The standard InChI is InChI=1S/C14H24N2O3S/c1-4-14(5-2,10-17)9-16-13-7-6-11(8-12(13)15)20(3,18)19/h6-8,16-17H,4-5,9-10,15H2,1-3H3. The lowest BCUT2D eigenvalue weighted by molar-refractivity contribution is 0.127. The third-order valence-corrected chi connectivity index (χ3v) is 5.05. The summed E-state index contributed by atoms with van der Waals surface area (Å²) in [5.41, 5.74) is 6.79. The average Bonchev–Trinajstić information content (AvgIpc) is 2.41. The van der Waals surface area contributed by atoms with Gasteiger partial charge < -0.3 is 16.2 Å². The highest BCUT2D eigenvalue weighted by atomic mass is 32.2. The summed E-state index contributed by atoms with van der Waals surface area (Å²) < 4.78 is 22.9. The molecule has 0 aromatic heterocycles. The molecule has 1 rings (SSSR count). The highest BCUT2D eigenvalue weighted by Gasteiger charge is 2.25. The van der Waals surface area contributed by atoms with Crippen molar-refractivity contribution in [1.29, 1.82) is 0 Å². The largest absolute Gasteiger partial charge is 0.397 e. The molecule has 5 nitrogen and oxygen atoms in total. The molecule has 6 heteroatoms. The minimum absolute atomic E-state index is 0.105. The van der Waals surface area contributed by atoms with Crippen LogP contribution in [0.3, 0.4) is 0 Å². The molecule has 4 N–H and O–H groups in total. The normalized spacial score (nSPS) is 12.4. The summed E-state index contributed by atoms with van der Waals surface area (Å²) >= 11 is 0. The van der Waals surface area contributed by atoms with Crippen molar-refractivity contribution >= 4 is 21.2 Å². The number of benzene rings is 1. The average molecular weight is 300 g/mol. The molecule has 0 amide bonds. The zero-order valence-electron chi connectivity index (χ0n) is 12.3. The van der Waals surface area contributed by atoms with E-state index in [1.54, 1.807) is 6.07 Å². The quantitative estimate of drug-likeness (QED) is 0.669. The lowest BCUT2D eigenvalue weighted by Crippen LogP contribution is -2.32. The Morgan fingerprint density at radius 3 is 2.30 bits per heavy atom. The third-order valence-electron chi connectivity index (χ3n) is 3.94. The van der Waals surface area contributed by atoms with Crippen LogP contribution in [-0.2, 0) is 9.84 Å². The number of nitrogen functional groups attached to an aromatic ring is 1. The number of rotatable bonds is 7. The fourth-order valence-corrected chi connectivity index (χ4v) is 2.65. The van der Waals surface area contributed by atoms with Crippen LogP contribution in [0.25, 0.3) is 0 Å². The van der Waals surface area contributed by atoms with Crippen molar-refractivity contribution in [2.45, 2.75) is 31.6 Å². The molecule has 0 bridgehead atoms. The third kappa shape index (κ3) is 3.86. The Bertz CT molecular complexity index is 543. The predicted octanol–water partition coefficient (Wildman–Crippen LogP) is 1.88. The van der Waals surface area contributed by atoms with Crippen molar-refractivity contribution in [3.05, 3.63) is 18.2 Å². The molecule has 1 aromatic carbocycles. The highest BCUT2D eigenvalue weighted by Crippen LogP contribution is 2.28. The van der Waals surface area contributed by atoms with Gasteiger partial charge in [-0.25, -0.2) is 8.42 Å². The van der Waals surface area contributed by atoms with E-state index in [1.165, 1.54) is 12.1 Å². The van der Waals surface area contributed by atoms with Crippen molar-refractivity contribution in [3.8, 4) is 0 Å². The van der Waals surface area contributed by atoms with Gasteiger partial charge in [-0.15, -0.1) is 0 Å². The Hall–Kier alpha value is -1.27. The van der Waals surface area contributed by atoms with E-state index >= 15 is 0 Å². The van der Waals surface area contributed by atoms with Crippen LogP contribution in [0.15, 0.2) is 23.1 Å². The van der Waals surface area contributed by atoms with Gasteiger partial charge in [0, 0.05) is 18.2 Å². The Morgan fingerprint density at radius 2 is 1.90 bits per heavy atom. The summed E-state index contributed by atoms with van der Waals surface area (Å²) in [5.74, 6) is 0. The van der Waals surface area contributed by atoms with Crippen molar-refractivity contribution in [2.24, 2.45) is 5.41 Å². The van der Waals surface area contributed by atoms with Gasteiger partial charge in [-0.3, -0.25) is 0 Å².